The maximum atomic E-state index is 10.3. The van der Waals surface area contributed by atoms with Crippen LogP contribution < -0.4 is 16.1 Å². The predicted molar refractivity (Wildman–Crippen MR) is 142 cm³/mol. The predicted octanol–water partition coefficient (Wildman–Crippen LogP) is 2.60. The van der Waals surface area contributed by atoms with E-state index in [0.717, 1.165) is 5.56 Å². The van der Waals surface area contributed by atoms with Crippen LogP contribution in [0.4, 0.5) is 17.3 Å². The summed E-state index contributed by atoms with van der Waals surface area (Å²) in [5.74, 6) is 1.21. The van der Waals surface area contributed by atoms with Crippen molar-refractivity contribution < 1.29 is 24.3 Å². The zero-order valence-corrected chi connectivity index (χ0v) is 21.5. The monoisotopic (exact) mass is 516 g/mol. The standard InChI is InChI=1S/C26H29BN6O5/c1-25(2,35)24-33-32-23(37-24)16-13-28-21(12-18(16)29-19(14-34)15-8-6-5-7-9-15)30-20-11-10-17-22(31-20)26(3,4)38-27(17)36/h5-13,19,34-36H,14H2,1-4H3,(H2,28,29,30,31)/t19-/m1/s1. The van der Waals surface area contributed by atoms with E-state index >= 15 is 0 Å². The summed E-state index contributed by atoms with van der Waals surface area (Å²) in [6, 6.07) is 14.4. The van der Waals surface area contributed by atoms with E-state index in [1.165, 1.54) is 0 Å². The van der Waals surface area contributed by atoms with Crippen LogP contribution in [0.25, 0.3) is 11.5 Å². The van der Waals surface area contributed by atoms with Gasteiger partial charge in [-0.3, -0.25) is 0 Å². The number of pyridine rings is 2. The highest BCUT2D eigenvalue weighted by atomic mass is 16.5. The quantitative estimate of drug-likeness (QED) is 0.219. The molecular weight excluding hydrogens is 487 g/mol. The van der Waals surface area contributed by atoms with Gasteiger partial charge in [0.1, 0.15) is 17.2 Å². The number of anilines is 3. The number of fused-ring (bicyclic) bond motifs is 1. The van der Waals surface area contributed by atoms with Gasteiger partial charge in [0.2, 0.25) is 5.89 Å². The van der Waals surface area contributed by atoms with E-state index < -0.39 is 24.4 Å². The lowest BCUT2D eigenvalue weighted by Crippen LogP contribution is -2.28. The zero-order valence-electron chi connectivity index (χ0n) is 21.5. The van der Waals surface area contributed by atoms with Gasteiger partial charge in [-0.1, -0.05) is 36.4 Å². The topological polar surface area (TPSA) is 159 Å². The van der Waals surface area contributed by atoms with Crippen molar-refractivity contribution in [3.63, 3.8) is 0 Å². The molecule has 196 valence electrons. The Hall–Kier alpha value is -3.84. The van der Waals surface area contributed by atoms with Gasteiger partial charge in [-0.25, -0.2) is 9.97 Å². The lowest BCUT2D eigenvalue weighted by Gasteiger charge is -2.21. The fourth-order valence-electron chi connectivity index (χ4n) is 4.25. The first-order valence-electron chi connectivity index (χ1n) is 12.2. The summed E-state index contributed by atoms with van der Waals surface area (Å²) in [5.41, 5.74) is 1.16. The molecule has 1 aliphatic heterocycles. The first kappa shape index (κ1) is 25.8. The smallest absolute Gasteiger partial charge is 0.423 e. The molecule has 0 amide bonds. The molecule has 0 unspecified atom stereocenters. The molecule has 4 aromatic rings. The summed E-state index contributed by atoms with van der Waals surface area (Å²) in [4.78, 5) is 9.16. The number of aliphatic hydroxyl groups is 2. The second-order valence-electron chi connectivity index (χ2n) is 10.1. The lowest BCUT2D eigenvalue weighted by molar-refractivity contribution is 0.0488. The van der Waals surface area contributed by atoms with Crippen molar-refractivity contribution in [2.45, 2.75) is 44.9 Å². The van der Waals surface area contributed by atoms with E-state index in [1.54, 1.807) is 38.2 Å². The molecule has 1 atom stereocenters. The van der Waals surface area contributed by atoms with Gasteiger partial charge in [0.05, 0.1) is 35.2 Å². The number of aliphatic hydroxyl groups excluding tert-OH is 1. The summed E-state index contributed by atoms with van der Waals surface area (Å²) in [6.07, 6.45) is 1.57. The molecule has 0 fully saturated rings. The van der Waals surface area contributed by atoms with Crippen LogP contribution in [0.3, 0.4) is 0 Å². The van der Waals surface area contributed by atoms with Crippen molar-refractivity contribution in [1.82, 2.24) is 20.2 Å². The van der Waals surface area contributed by atoms with Gasteiger partial charge in [-0.05, 0) is 39.3 Å². The third-order valence-electron chi connectivity index (χ3n) is 6.22. The van der Waals surface area contributed by atoms with Crippen LogP contribution in [-0.4, -0.2) is 49.1 Å². The van der Waals surface area contributed by atoms with Crippen LogP contribution in [0.1, 0.15) is 50.9 Å². The SMILES string of the molecule is CC(C)(O)c1nnc(-c2cnc(Nc3ccc4c(n3)C(C)(C)OB4O)cc2N[C@H](CO)c2ccccc2)o1. The number of aromatic nitrogens is 4. The molecule has 0 radical (unpaired) electrons. The Morgan fingerprint density at radius 1 is 1.08 bits per heavy atom. The third-order valence-corrected chi connectivity index (χ3v) is 6.22. The van der Waals surface area contributed by atoms with Crippen LogP contribution in [0, 0.1) is 0 Å². The average Bonchev–Trinajstić information content (AvgIpc) is 3.46. The molecule has 38 heavy (non-hydrogen) atoms. The fraction of sp³-hybridized carbons (Fsp3) is 0.308. The highest BCUT2D eigenvalue weighted by Crippen LogP contribution is 2.34. The molecule has 0 saturated heterocycles. The van der Waals surface area contributed by atoms with Crippen LogP contribution in [0.2, 0.25) is 0 Å². The second-order valence-corrected chi connectivity index (χ2v) is 10.1. The van der Waals surface area contributed by atoms with Crippen molar-refractivity contribution in [3.8, 4) is 11.5 Å². The maximum Gasteiger partial charge on any atom is 0.493 e. The highest BCUT2D eigenvalue weighted by molar-refractivity contribution is 6.61. The van der Waals surface area contributed by atoms with Crippen LogP contribution in [0.5, 0.6) is 0 Å². The minimum atomic E-state index is -1.31. The summed E-state index contributed by atoms with van der Waals surface area (Å²) in [6.45, 7) is 6.64. The van der Waals surface area contributed by atoms with Gasteiger partial charge in [-0.2, -0.15) is 0 Å². The summed E-state index contributed by atoms with van der Waals surface area (Å²) < 4.78 is 11.4. The highest BCUT2D eigenvalue weighted by Gasteiger charge is 2.42. The Balaban J connectivity index is 1.51. The number of nitrogens with zero attached hydrogens (tertiary/aromatic N) is 4. The molecule has 0 spiro atoms. The normalized spacial score (nSPS) is 15.3. The second kappa shape index (κ2) is 9.80. The molecule has 0 bridgehead atoms. The van der Waals surface area contributed by atoms with Crippen molar-refractivity contribution in [1.29, 1.82) is 0 Å². The van der Waals surface area contributed by atoms with Crippen LogP contribution >= 0.6 is 0 Å². The number of rotatable bonds is 8. The van der Waals surface area contributed by atoms with E-state index in [1.807, 2.05) is 44.2 Å². The van der Waals surface area contributed by atoms with E-state index in [0.29, 0.717) is 34.0 Å². The largest absolute Gasteiger partial charge is 0.493 e. The first-order chi connectivity index (χ1) is 18.0. The van der Waals surface area contributed by atoms with Crippen molar-refractivity contribution >= 4 is 29.9 Å². The summed E-state index contributed by atoms with van der Waals surface area (Å²) in [7, 11) is -1.02. The Kier molecular flexibility index (Phi) is 6.65. The minimum Gasteiger partial charge on any atom is -0.423 e. The Morgan fingerprint density at radius 3 is 2.53 bits per heavy atom. The lowest BCUT2D eigenvalue weighted by atomic mass is 9.80. The Labute approximate surface area is 220 Å². The fourth-order valence-corrected chi connectivity index (χ4v) is 4.25. The Bertz CT molecular complexity index is 1440. The van der Waals surface area contributed by atoms with E-state index in [9.17, 15) is 15.2 Å². The van der Waals surface area contributed by atoms with Crippen LogP contribution in [-0.2, 0) is 15.9 Å². The number of hydrogen-bond acceptors (Lipinski definition) is 11. The van der Waals surface area contributed by atoms with Crippen LogP contribution in [0.15, 0.2) is 59.1 Å². The van der Waals surface area contributed by atoms with Crippen molar-refractivity contribution in [2.75, 3.05) is 17.2 Å². The molecule has 5 N–H and O–H groups in total. The molecular formula is C26H29BN6O5. The van der Waals surface area contributed by atoms with Crippen molar-refractivity contribution in [2.24, 2.45) is 0 Å². The molecule has 0 saturated carbocycles. The third kappa shape index (κ3) is 5.11. The molecule has 12 heteroatoms. The van der Waals surface area contributed by atoms with E-state index in [4.69, 9.17) is 9.07 Å². The maximum absolute atomic E-state index is 10.3. The van der Waals surface area contributed by atoms with Crippen molar-refractivity contribution in [3.05, 3.63) is 71.9 Å². The Morgan fingerprint density at radius 2 is 1.84 bits per heavy atom. The molecule has 11 nitrogen and oxygen atoms in total. The molecule has 1 aromatic carbocycles. The number of benzene rings is 1. The van der Waals surface area contributed by atoms with Gasteiger partial charge < -0.3 is 34.9 Å². The van der Waals surface area contributed by atoms with Gasteiger partial charge in [0.15, 0.2) is 0 Å². The van der Waals surface area contributed by atoms with Gasteiger partial charge in [0.25, 0.3) is 5.89 Å². The molecule has 3 aromatic heterocycles. The molecule has 1 aliphatic rings. The van der Waals surface area contributed by atoms with Gasteiger partial charge in [-0.15, -0.1) is 10.2 Å². The average molecular weight is 516 g/mol. The molecule has 0 aliphatic carbocycles. The van der Waals surface area contributed by atoms with Gasteiger partial charge in [0, 0.05) is 17.7 Å². The summed E-state index contributed by atoms with van der Waals surface area (Å²) in [5, 5.41) is 45.2. The van der Waals surface area contributed by atoms with E-state index in [2.05, 4.69) is 30.8 Å². The van der Waals surface area contributed by atoms with Gasteiger partial charge >= 0.3 is 7.12 Å². The summed E-state index contributed by atoms with van der Waals surface area (Å²) >= 11 is 0. The number of nitrogens with one attached hydrogen (secondary N) is 2. The molecule has 5 rings (SSSR count). The number of hydrogen-bond donors (Lipinski definition) is 5. The zero-order chi connectivity index (χ0) is 27.1. The minimum absolute atomic E-state index is 0.0665. The van der Waals surface area contributed by atoms with E-state index in [-0.39, 0.29) is 18.4 Å². The first-order valence-corrected chi connectivity index (χ1v) is 12.2. The molecule has 4 heterocycles.